The summed E-state index contributed by atoms with van der Waals surface area (Å²) in [5, 5.41) is 0. The Morgan fingerprint density at radius 1 is 1.45 bits per heavy atom. The summed E-state index contributed by atoms with van der Waals surface area (Å²) in [5.41, 5.74) is 7.05. The molecule has 22 heavy (non-hydrogen) atoms. The number of nitrogens with two attached hydrogens (primary N) is 1. The maximum atomic E-state index is 5.98. The lowest BCUT2D eigenvalue weighted by atomic mass is 10.2. The van der Waals surface area contributed by atoms with E-state index in [1.165, 1.54) is 0 Å². The minimum Gasteiger partial charge on any atom is -0.375 e. The number of rotatable bonds is 5. The van der Waals surface area contributed by atoms with Crippen molar-refractivity contribution in [2.45, 2.75) is 33.4 Å². The first-order valence-electron chi connectivity index (χ1n) is 8.00. The van der Waals surface area contributed by atoms with Crippen LogP contribution in [-0.4, -0.2) is 54.7 Å². The van der Waals surface area contributed by atoms with E-state index < -0.39 is 0 Å². The third-order valence-electron chi connectivity index (χ3n) is 3.89. The molecule has 2 rings (SSSR count). The van der Waals surface area contributed by atoms with Gasteiger partial charge in [-0.3, -0.25) is 0 Å². The first-order chi connectivity index (χ1) is 10.6. The molecule has 0 radical (unpaired) electrons. The molecule has 1 aliphatic rings. The van der Waals surface area contributed by atoms with Crippen molar-refractivity contribution in [3.63, 3.8) is 0 Å². The molecule has 1 aromatic rings. The number of ether oxygens (including phenoxy) is 1. The standard InChI is InChI=1S/C16H27N5O/c1-4-20(5-2)16(17)19-11-14-6-7-15(18-10-14)21-8-9-22-13(3)12-21/h6-7,10,13H,4-5,8-9,11-12H2,1-3H3,(H2,17,19). The number of anilines is 1. The third kappa shape index (κ3) is 4.34. The third-order valence-corrected chi connectivity index (χ3v) is 3.89. The van der Waals surface area contributed by atoms with Crippen molar-refractivity contribution in [3.05, 3.63) is 23.9 Å². The van der Waals surface area contributed by atoms with Crippen LogP contribution in [0.2, 0.25) is 0 Å². The summed E-state index contributed by atoms with van der Waals surface area (Å²) in [6.07, 6.45) is 2.14. The van der Waals surface area contributed by atoms with Crippen LogP contribution in [0.15, 0.2) is 23.3 Å². The van der Waals surface area contributed by atoms with E-state index in [0.29, 0.717) is 12.5 Å². The molecule has 1 unspecified atom stereocenters. The molecule has 0 spiro atoms. The smallest absolute Gasteiger partial charge is 0.191 e. The van der Waals surface area contributed by atoms with E-state index in [1.807, 2.05) is 11.1 Å². The van der Waals surface area contributed by atoms with Gasteiger partial charge in [0, 0.05) is 32.4 Å². The summed E-state index contributed by atoms with van der Waals surface area (Å²) in [4.78, 5) is 13.3. The van der Waals surface area contributed by atoms with Gasteiger partial charge in [-0.25, -0.2) is 9.98 Å². The number of morpholine rings is 1. The molecule has 0 amide bonds. The molecule has 0 aromatic carbocycles. The van der Waals surface area contributed by atoms with Crippen LogP contribution < -0.4 is 10.6 Å². The fourth-order valence-corrected chi connectivity index (χ4v) is 2.54. The lowest BCUT2D eigenvalue weighted by Gasteiger charge is -2.32. The Bertz CT molecular complexity index is 484. The topological polar surface area (TPSA) is 67.0 Å². The van der Waals surface area contributed by atoms with Crippen LogP contribution in [0.25, 0.3) is 0 Å². The van der Waals surface area contributed by atoms with Crippen LogP contribution in [0.3, 0.4) is 0 Å². The predicted octanol–water partition coefficient (Wildman–Crippen LogP) is 1.46. The van der Waals surface area contributed by atoms with E-state index in [2.05, 4.69) is 47.8 Å². The second-order valence-electron chi connectivity index (χ2n) is 5.50. The Morgan fingerprint density at radius 2 is 2.23 bits per heavy atom. The van der Waals surface area contributed by atoms with E-state index >= 15 is 0 Å². The molecule has 2 N–H and O–H groups in total. The van der Waals surface area contributed by atoms with Crippen molar-refractivity contribution in [2.75, 3.05) is 37.7 Å². The summed E-state index contributed by atoms with van der Waals surface area (Å²) < 4.78 is 5.56. The number of aliphatic imine (C=N–C) groups is 1. The first kappa shape index (κ1) is 16.5. The number of aromatic nitrogens is 1. The van der Waals surface area contributed by atoms with Crippen molar-refractivity contribution >= 4 is 11.8 Å². The number of hydrogen-bond donors (Lipinski definition) is 1. The van der Waals surface area contributed by atoms with Gasteiger partial charge in [0.2, 0.25) is 0 Å². The van der Waals surface area contributed by atoms with Gasteiger partial charge in [-0.15, -0.1) is 0 Å². The van der Waals surface area contributed by atoms with E-state index in [0.717, 1.165) is 44.2 Å². The van der Waals surface area contributed by atoms with Crippen LogP contribution in [0, 0.1) is 0 Å². The Balaban J connectivity index is 1.95. The number of guanidine groups is 1. The molecule has 2 heterocycles. The second kappa shape index (κ2) is 7.98. The molecule has 0 bridgehead atoms. The second-order valence-corrected chi connectivity index (χ2v) is 5.50. The van der Waals surface area contributed by atoms with E-state index in [4.69, 9.17) is 10.5 Å². The molecule has 6 nitrogen and oxygen atoms in total. The summed E-state index contributed by atoms with van der Waals surface area (Å²) in [5.74, 6) is 1.59. The number of hydrogen-bond acceptors (Lipinski definition) is 4. The zero-order valence-corrected chi connectivity index (χ0v) is 13.8. The van der Waals surface area contributed by atoms with E-state index in [-0.39, 0.29) is 6.10 Å². The van der Waals surface area contributed by atoms with Crippen molar-refractivity contribution in [1.29, 1.82) is 0 Å². The van der Waals surface area contributed by atoms with Crippen LogP contribution in [-0.2, 0) is 11.3 Å². The Hall–Kier alpha value is -1.82. The van der Waals surface area contributed by atoms with Gasteiger partial charge in [-0.1, -0.05) is 6.07 Å². The molecular weight excluding hydrogens is 278 g/mol. The molecule has 1 fully saturated rings. The highest BCUT2D eigenvalue weighted by molar-refractivity contribution is 5.78. The molecule has 0 aliphatic carbocycles. The molecule has 122 valence electrons. The average Bonchev–Trinajstić information content (AvgIpc) is 2.54. The maximum Gasteiger partial charge on any atom is 0.191 e. The van der Waals surface area contributed by atoms with E-state index in [1.54, 1.807) is 0 Å². The minimum absolute atomic E-state index is 0.258. The van der Waals surface area contributed by atoms with Gasteiger partial charge in [-0.2, -0.15) is 0 Å². The van der Waals surface area contributed by atoms with Crippen molar-refractivity contribution in [3.8, 4) is 0 Å². The van der Waals surface area contributed by atoms with Gasteiger partial charge in [0.1, 0.15) is 5.82 Å². The molecule has 0 saturated carbocycles. The zero-order chi connectivity index (χ0) is 15.9. The molecule has 1 atom stereocenters. The van der Waals surface area contributed by atoms with Crippen LogP contribution in [0.1, 0.15) is 26.3 Å². The molecule has 1 aromatic heterocycles. The highest BCUT2D eigenvalue weighted by Crippen LogP contribution is 2.15. The minimum atomic E-state index is 0.258. The first-order valence-corrected chi connectivity index (χ1v) is 8.00. The normalized spacial score (nSPS) is 19.3. The highest BCUT2D eigenvalue weighted by atomic mass is 16.5. The number of nitrogens with zero attached hydrogens (tertiary/aromatic N) is 4. The van der Waals surface area contributed by atoms with Crippen LogP contribution in [0.5, 0.6) is 0 Å². The van der Waals surface area contributed by atoms with E-state index in [9.17, 15) is 0 Å². The summed E-state index contributed by atoms with van der Waals surface area (Å²) in [6, 6.07) is 4.12. The summed E-state index contributed by atoms with van der Waals surface area (Å²) >= 11 is 0. The van der Waals surface area contributed by atoms with Crippen LogP contribution >= 0.6 is 0 Å². The lowest BCUT2D eigenvalue weighted by Crippen LogP contribution is -2.41. The SMILES string of the molecule is CCN(CC)C(N)=NCc1ccc(N2CCOC(C)C2)nc1. The largest absolute Gasteiger partial charge is 0.375 e. The van der Waals surface area contributed by atoms with Crippen molar-refractivity contribution < 1.29 is 4.74 Å². The molecule has 1 saturated heterocycles. The highest BCUT2D eigenvalue weighted by Gasteiger charge is 2.17. The fourth-order valence-electron chi connectivity index (χ4n) is 2.54. The molecule has 1 aliphatic heterocycles. The number of pyridine rings is 1. The fraction of sp³-hybridized carbons (Fsp3) is 0.625. The van der Waals surface area contributed by atoms with Gasteiger partial charge < -0.3 is 20.3 Å². The van der Waals surface area contributed by atoms with Crippen LogP contribution in [0.4, 0.5) is 5.82 Å². The van der Waals surface area contributed by atoms with Crippen molar-refractivity contribution in [1.82, 2.24) is 9.88 Å². The van der Waals surface area contributed by atoms with Crippen molar-refractivity contribution in [2.24, 2.45) is 10.7 Å². The average molecular weight is 305 g/mol. The summed E-state index contributed by atoms with van der Waals surface area (Å²) in [7, 11) is 0. The maximum absolute atomic E-state index is 5.98. The Labute approximate surface area is 133 Å². The predicted molar refractivity (Wildman–Crippen MR) is 90.1 cm³/mol. The van der Waals surface area contributed by atoms with Gasteiger partial charge in [0.25, 0.3) is 0 Å². The Morgan fingerprint density at radius 3 is 2.82 bits per heavy atom. The van der Waals surface area contributed by atoms with Gasteiger partial charge in [0.05, 0.1) is 19.3 Å². The molecular formula is C16H27N5O. The lowest BCUT2D eigenvalue weighted by molar-refractivity contribution is 0.0529. The zero-order valence-electron chi connectivity index (χ0n) is 13.8. The Kier molecular flexibility index (Phi) is 6.00. The monoisotopic (exact) mass is 305 g/mol. The van der Waals surface area contributed by atoms with Gasteiger partial charge >= 0.3 is 0 Å². The van der Waals surface area contributed by atoms with Gasteiger partial charge in [0.15, 0.2) is 5.96 Å². The van der Waals surface area contributed by atoms with Gasteiger partial charge in [-0.05, 0) is 32.4 Å². The molecule has 6 heteroatoms. The summed E-state index contributed by atoms with van der Waals surface area (Å²) in [6.45, 7) is 11.1. The quantitative estimate of drug-likeness (QED) is 0.659.